The second kappa shape index (κ2) is 9.23. The van der Waals surface area contributed by atoms with Gasteiger partial charge in [0.1, 0.15) is 11.5 Å². The molecule has 174 valence electrons. The topological polar surface area (TPSA) is 96.9 Å². The quantitative estimate of drug-likeness (QED) is 0.674. The Morgan fingerprint density at radius 1 is 1.16 bits per heavy atom. The molecule has 2 fully saturated rings. The molecule has 2 aromatic rings. The van der Waals surface area contributed by atoms with Crippen molar-refractivity contribution in [2.75, 3.05) is 26.2 Å². The van der Waals surface area contributed by atoms with Gasteiger partial charge in [-0.1, -0.05) is 19.0 Å². The fourth-order valence-electron chi connectivity index (χ4n) is 4.92. The van der Waals surface area contributed by atoms with Gasteiger partial charge in [-0.15, -0.1) is 0 Å². The molecule has 2 atom stereocenters. The molecule has 8 nitrogen and oxygen atoms in total. The van der Waals surface area contributed by atoms with Gasteiger partial charge >= 0.3 is 0 Å². The van der Waals surface area contributed by atoms with E-state index in [4.69, 9.17) is 8.94 Å². The van der Waals surface area contributed by atoms with E-state index in [1.54, 1.807) is 37.5 Å². The Balaban J connectivity index is 1.44. The standard InChI is InChI=1S/C23H31N3O5S/c1-16-13-17(2)15-25(14-16)23(27)19-8-10-26(11-9-19)32(28,29)22-18(3)24-31-21(22)7-6-20-5-4-12-30-20/h4-7,12,16-17,19H,8-11,13-15H2,1-3H3/b7-6+/t16-,17-/m1/s1. The van der Waals surface area contributed by atoms with E-state index in [9.17, 15) is 13.2 Å². The number of sulfonamides is 1. The Morgan fingerprint density at radius 2 is 1.84 bits per heavy atom. The van der Waals surface area contributed by atoms with E-state index < -0.39 is 10.0 Å². The Morgan fingerprint density at radius 3 is 2.47 bits per heavy atom. The summed E-state index contributed by atoms with van der Waals surface area (Å²) in [6, 6.07) is 3.51. The molecule has 2 saturated heterocycles. The maximum absolute atomic E-state index is 13.4. The predicted molar refractivity (Wildman–Crippen MR) is 120 cm³/mol. The van der Waals surface area contributed by atoms with E-state index in [-0.39, 0.29) is 22.5 Å². The summed E-state index contributed by atoms with van der Waals surface area (Å²) in [5.41, 5.74) is 0.318. The van der Waals surface area contributed by atoms with E-state index >= 15 is 0 Å². The molecule has 32 heavy (non-hydrogen) atoms. The van der Waals surface area contributed by atoms with Crippen molar-refractivity contribution < 1.29 is 22.2 Å². The molecule has 0 bridgehead atoms. The molecule has 0 unspecified atom stereocenters. The van der Waals surface area contributed by atoms with Gasteiger partial charge in [0.25, 0.3) is 0 Å². The van der Waals surface area contributed by atoms with Crippen molar-refractivity contribution in [1.29, 1.82) is 0 Å². The monoisotopic (exact) mass is 461 g/mol. The molecule has 0 saturated carbocycles. The highest BCUT2D eigenvalue weighted by Gasteiger charge is 2.37. The summed E-state index contributed by atoms with van der Waals surface area (Å²) >= 11 is 0. The van der Waals surface area contributed by atoms with Gasteiger partial charge in [0, 0.05) is 32.1 Å². The number of aromatic nitrogens is 1. The number of rotatable bonds is 5. The van der Waals surface area contributed by atoms with E-state index in [2.05, 4.69) is 19.0 Å². The zero-order chi connectivity index (χ0) is 22.9. The van der Waals surface area contributed by atoms with Crippen molar-refractivity contribution in [3.63, 3.8) is 0 Å². The van der Waals surface area contributed by atoms with Crippen LogP contribution in [-0.2, 0) is 14.8 Å². The molecule has 2 aromatic heterocycles. The van der Waals surface area contributed by atoms with Crippen molar-refractivity contribution in [3.8, 4) is 0 Å². The normalized spacial score (nSPS) is 23.8. The molecule has 0 aromatic carbocycles. The lowest BCUT2D eigenvalue weighted by Gasteiger charge is -2.39. The number of hydrogen-bond donors (Lipinski definition) is 0. The predicted octanol–water partition coefficient (Wildman–Crippen LogP) is 3.65. The van der Waals surface area contributed by atoms with Gasteiger partial charge in [0.05, 0.1) is 6.26 Å². The fourth-order valence-corrected chi connectivity index (χ4v) is 6.64. The number of carbonyl (C=O) groups excluding carboxylic acids is 1. The molecular weight excluding hydrogens is 430 g/mol. The van der Waals surface area contributed by atoms with Gasteiger partial charge < -0.3 is 13.8 Å². The van der Waals surface area contributed by atoms with Crippen LogP contribution in [0.1, 0.15) is 50.3 Å². The van der Waals surface area contributed by atoms with Crippen LogP contribution >= 0.6 is 0 Å². The van der Waals surface area contributed by atoms with Crippen molar-refractivity contribution in [3.05, 3.63) is 35.6 Å². The largest absolute Gasteiger partial charge is 0.465 e. The third-order valence-electron chi connectivity index (χ3n) is 6.36. The van der Waals surface area contributed by atoms with Crippen molar-refractivity contribution in [2.45, 2.75) is 44.9 Å². The number of piperidine rings is 2. The average molecular weight is 462 g/mol. The molecule has 4 heterocycles. The van der Waals surface area contributed by atoms with Crippen LogP contribution in [0.15, 0.2) is 32.2 Å². The molecule has 0 spiro atoms. The van der Waals surface area contributed by atoms with Gasteiger partial charge in [0.2, 0.25) is 15.9 Å². The van der Waals surface area contributed by atoms with E-state index in [1.165, 1.54) is 4.31 Å². The first-order chi connectivity index (χ1) is 15.3. The SMILES string of the molecule is Cc1noc(/C=C/c2ccco2)c1S(=O)(=O)N1CCC(C(=O)N2C[C@H](C)C[C@@H](C)C2)CC1. The summed E-state index contributed by atoms with van der Waals surface area (Å²) in [6.45, 7) is 8.21. The van der Waals surface area contributed by atoms with Crippen molar-refractivity contribution >= 4 is 28.1 Å². The summed E-state index contributed by atoms with van der Waals surface area (Å²) in [4.78, 5) is 15.1. The summed E-state index contributed by atoms with van der Waals surface area (Å²) in [5.74, 6) is 1.82. The lowest BCUT2D eigenvalue weighted by molar-refractivity contribution is -0.139. The van der Waals surface area contributed by atoms with Crippen molar-refractivity contribution in [1.82, 2.24) is 14.4 Å². The third kappa shape index (κ3) is 4.68. The first kappa shape index (κ1) is 22.8. The number of aryl methyl sites for hydroxylation is 1. The second-order valence-electron chi connectivity index (χ2n) is 9.18. The van der Waals surface area contributed by atoms with E-state index in [1.807, 2.05) is 4.90 Å². The van der Waals surface area contributed by atoms with Crippen LogP contribution in [0.5, 0.6) is 0 Å². The van der Waals surface area contributed by atoms with Crippen LogP contribution in [0.3, 0.4) is 0 Å². The minimum atomic E-state index is -3.79. The fraction of sp³-hybridized carbons (Fsp3) is 0.565. The Kier molecular flexibility index (Phi) is 6.57. The van der Waals surface area contributed by atoms with E-state index in [0.717, 1.165) is 19.5 Å². The maximum atomic E-state index is 13.4. The molecule has 2 aliphatic rings. The molecule has 4 rings (SSSR count). The third-order valence-corrected chi connectivity index (χ3v) is 8.41. The molecule has 0 N–H and O–H groups in total. The van der Waals surface area contributed by atoms with Crippen LogP contribution in [0.2, 0.25) is 0 Å². The zero-order valence-electron chi connectivity index (χ0n) is 18.9. The first-order valence-electron chi connectivity index (χ1n) is 11.2. The maximum Gasteiger partial charge on any atom is 0.248 e. The van der Waals surface area contributed by atoms with Crippen LogP contribution in [0, 0.1) is 24.7 Å². The molecule has 1 amide bonds. The highest BCUT2D eigenvalue weighted by Crippen LogP contribution is 2.31. The minimum absolute atomic E-state index is 0.0729. The van der Waals surface area contributed by atoms with Gasteiger partial charge in [-0.2, -0.15) is 4.31 Å². The molecule has 9 heteroatoms. The number of furan rings is 1. The summed E-state index contributed by atoms with van der Waals surface area (Å²) in [5, 5.41) is 3.87. The second-order valence-corrected chi connectivity index (χ2v) is 11.1. The number of carbonyl (C=O) groups is 1. The van der Waals surface area contributed by atoms with Crippen LogP contribution < -0.4 is 0 Å². The Labute approximate surface area is 189 Å². The van der Waals surface area contributed by atoms with E-state index in [0.29, 0.717) is 49.2 Å². The minimum Gasteiger partial charge on any atom is -0.465 e. The number of hydrogen-bond acceptors (Lipinski definition) is 6. The smallest absolute Gasteiger partial charge is 0.248 e. The van der Waals surface area contributed by atoms with Crippen LogP contribution in [0.25, 0.3) is 12.2 Å². The van der Waals surface area contributed by atoms with Crippen molar-refractivity contribution in [2.24, 2.45) is 17.8 Å². The molecule has 0 radical (unpaired) electrons. The number of nitrogens with zero attached hydrogens (tertiary/aromatic N) is 3. The first-order valence-corrected chi connectivity index (χ1v) is 12.7. The molecular formula is C23H31N3O5S. The lowest BCUT2D eigenvalue weighted by Crippen LogP contribution is -2.48. The average Bonchev–Trinajstić information content (AvgIpc) is 3.40. The molecule has 0 aliphatic carbocycles. The van der Waals surface area contributed by atoms with Gasteiger partial charge in [-0.3, -0.25) is 4.79 Å². The van der Waals surface area contributed by atoms with Gasteiger partial charge in [-0.05, 0) is 62.3 Å². The summed E-state index contributed by atoms with van der Waals surface area (Å²) < 4.78 is 38.8. The summed E-state index contributed by atoms with van der Waals surface area (Å²) in [6.07, 6.45) is 6.94. The Hall–Kier alpha value is -2.39. The zero-order valence-corrected chi connectivity index (χ0v) is 19.7. The highest BCUT2D eigenvalue weighted by molar-refractivity contribution is 7.89. The summed E-state index contributed by atoms with van der Waals surface area (Å²) in [7, 11) is -3.79. The number of likely N-dealkylation sites (tertiary alicyclic amines) is 1. The molecule has 2 aliphatic heterocycles. The van der Waals surface area contributed by atoms with Gasteiger partial charge in [-0.25, -0.2) is 8.42 Å². The Bertz CT molecular complexity index is 1060. The van der Waals surface area contributed by atoms with Crippen LogP contribution in [-0.4, -0.2) is 54.9 Å². The highest BCUT2D eigenvalue weighted by atomic mass is 32.2. The van der Waals surface area contributed by atoms with Crippen LogP contribution in [0.4, 0.5) is 0 Å². The lowest BCUT2D eigenvalue weighted by atomic mass is 9.89. The number of amides is 1. The van der Waals surface area contributed by atoms with Gasteiger partial charge in [0.15, 0.2) is 10.7 Å².